The summed E-state index contributed by atoms with van der Waals surface area (Å²) < 4.78 is 0. The number of likely N-dealkylation sites (tertiary alicyclic amines) is 1. The fourth-order valence-corrected chi connectivity index (χ4v) is 3.98. The van der Waals surface area contributed by atoms with Crippen LogP contribution in [0.1, 0.15) is 51.5 Å². The van der Waals surface area contributed by atoms with Gasteiger partial charge in [-0.25, -0.2) is 0 Å². The first kappa shape index (κ1) is 17.0. The standard InChI is InChI=1S/C20H28N2O2/c1-3-15-8-10-18(11-9-15)22-14-16(13-19(22)23)20(24)21-12-6-5-7-17(21)4-2/h8-11,16-17H,3-7,12-14H2,1-2H3/t16-,17+/m0/s1. The van der Waals surface area contributed by atoms with Crippen LogP contribution in [0.25, 0.3) is 0 Å². The Morgan fingerprint density at radius 1 is 1.17 bits per heavy atom. The third-order valence-corrected chi connectivity index (χ3v) is 5.51. The monoisotopic (exact) mass is 328 g/mol. The second-order valence-corrected chi connectivity index (χ2v) is 7.01. The normalized spacial score (nSPS) is 24.5. The molecule has 2 atom stereocenters. The molecule has 0 radical (unpaired) electrons. The van der Waals surface area contributed by atoms with Gasteiger partial charge in [0.2, 0.25) is 11.8 Å². The second kappa shape index (κ2) is 7.37. The van der Waals surface area contributed by atoms with E-state index in [1.54, 1.807) is 4.90 Å². The van der Waals surface area contributed by atoms with Crippen molar-refractivity contribution in [1.82, 2.24) is 4.90 Å². The summed E-state index contributed by atoms with van der Waals surface area (Å²) in [4.78, 5) is 29.2. The highest BCUT2D eigenvalue weighted by molar-refractivity contribution is 6.00. The summed E-state index contributed by atoms with van der Waals surface area (Å²) in [6.07, 6.45) is 5.75. The van der Waals surface area contributed by atoms with E-state index in [4.69, 9.17) is 0 Å². The first-order chi connectivity index (χ1) is 11.6. The molecule has 2 amide bonds. The van der Waals surface area contributed by atoms with Gasteiger partial charge in [-0.15, -0.1) is 0 Å². The number of amides is 2. The minimum Gasteiger partial charge on any atom is -0.339 e. The lowest BCUT2D eigenvalue weighted by Crippen LogP contribution is -2.46. The highest BCUT2D eigenvalue weighted by Crippen LogP contribution is 2.29. The van der Waals surface area contributed by atoms with Crippen molar-refractivity contribution < 1.29 is 9.59 Å². The van der Waals surface area contributed by atoms with E-state index in [-0.39, 0.29) is 17.7 Å². The van der Waals surface area contributed by atoms with Crippen molar-refractivity contribution in [2.45, 2.75) is 58.4 Å². The van der Waals surface area contributed by atoms with Crippen molar-refractivity contribution in [1.29, 1.82) is 0 Å². The molecule has 0 unspecified atom stereocenters. The van der Waals surface area contributed by atoms with Gasteiger partial charge >= 0.3 is 0 Å². The molecule has 130 valence electrons. The molecule has 2 aliphatic heterocycles. The molecule has 1 aromatic rings. The van der Waals surface area contributed by atoms with Crippen LogP contribution in [-0.4, -0.2) is 35.8 Å². The predicted octanol–water partition coefficient (Wildman–Crippen LogP) is 3.39. The van der Waals surface area contributed by atoms with Gasteiger partial charge in [0.1, 0.15) is 0 Å². The number of benzene rings is 1. The molecule has 2 saturated heterocycles. The highest BCUT2D eigenvalue weighted by atomic mass is 16.2. The lowest BCUT2D eigenvalue weighted by molar-refractivity contribution is -0.139. The molecule has 0 bridgehead atoms. The van der Waals surface area contributed by atoms with Crippen molar-refractivity contribution >= 4 is 17.5 Å². The number of carbonyl (C=O) groups excluding carboxylic acids is 2. The summed E-state index contributed by atoms with van der Waals surface area (Å²) >= 11 is 0. The van der Waals surface area contributed by atoms with Gasteiger partial charge in [0.15, 0.2) is 0 Å². The summed E-state index contributed by atoms with van der Waals surface area (Å²) in [6, 6.07) is 8.49. The molecule has 2 aliphatic rings. The van der Waals surface area contributed by atoms with Crippen LogP contribution in [-0.2, 0) is 16.0 Å². The second-order valence-electron chi connectivity index (χ2n) is 7.01. The fourth-order valence-electron chi connectivity index (χ4n) is 3.98. The number of aryl methyl sites for hydroxylation is 1. The molecule has 0 aliphatic carbocycles. The first-order valence-corrected chi connectivity index (χ1v) is 9.33. The summed E-state index contributed by atoms with van der Waals surface area (Å²) in [7, 11) is 0. The minimum absolute atomic E-state index is 0.0719. The number of hydrogen-bond donors (Lipinski definition) is 0. The summed E-state index contributed by atoms with van der Waals surface area (Å²) in [5, 5.41) is 0. The van der Waals surface area contributed by atoms with Crippen molar-refractivity contribution in [3.8, 4) is 0 Å². The number of piperidine rings is 1. The Bertz CT molecular complexity index is 596. The third kappa shape index (κ3) is 3.33. The molecule has 0 N–H and O–H groups in total. The average molecular weight is 328 g/mol. The Balaban J connectivity index is 1.70. The largest absolute Gasteiger partial charge is 0.339 e. The molecule has 24 heavy (non-hydrogen) atoms. The van der Waals surface area contributed by atoms with Gasteiger partial charge in [-0.1, -0.05) is 26.0 Å². The van der Waals surface area contributed by atoms with E-state index in [1.807, 2.05) is 17.0 Å². The Labute approximate surface area is 144 Å². The molecule has 3 rings (SSSR count). The number of rotatable bonds is 4. The lowest BCUT2D eigenvalue weighted by atomic mass is 9.97. The molecule has 4 heteroatoms. The van der Waals surface area contributed by atoms with Crippen molar-refractivity contribution in [2.24, 2.45) is 5.92 Å². The van der Waals surface area contributed by atoms with Crippen LogP contribution in [0, 0.1) is 5.92 Å². The molecular weight excluding hydrogens is 300 g/mol. The Morgan fingerprint density at radius 3 is 2.58 bits per heavy atom. The minimum atomic E-state index is -0.185. The Kier molecular flexibility index (Phi) is 5.22. The molecule has 0 spiro atoms. The van der Waals surface area contributed by atoms with Gasteiger partial charge in [0.25, 0.3) is 0 Å². The first-order valence-electron chi connectivity index (χ1n) is 9.33. The van der Waals surface area contributed by atoms with E-state index in [2.05, 4.69) is 26.0 Å². The van der Waals surface area contributed by atoms with E-state index < -0.39 is 0 Å². The quantitative estimate of drug-likeness (QED) is 0.850. The van der Waals surface area contributed by atoms with Gasteiger partial charge < -0.3 is 9.80 Å². The van der Waals surface area contributed by atoms with Gasteiger partial charge in [0.05, 0.1) is 5.92 Å². The van der Waals surface area contributed by atoms with E-state index in [9.17, 15) is 9.59 Å². The van der Waals surface area contributed by atoms with Gasteiger partial charge in [0, 0.05) is 31.2 Å². The van der Waals surface area contributed by atoms with Gasteiger partial charge in [-0.2, -0.15) is 0 Å². The molecule has 4 nitrogen and oxygen atoms in total. The molecule has 2 heterocycles. The van der Waals surface area contributed by atoms with E-state index in [0.29, 0.717) is 19.0 Å². The summed E-state index contributed by atoms with van der Waals surface area (Å²) in [5.74, 6) is 0.0701. The average Bonchev–Trinajstić information content (AvgIpc) is 3.03. The number of hydrogen-bond acceptors (Lipinski definition) is 2. The summed E-state index contributed by atoms with van der Waals surface area (Å²) in [5.41, 5.74) is 2.18. The lowest BCUT2D eigenvalue weighted by Gasteiger charge is -2.36. The van der Waals surface area contributed by atoms with Crippen LogP contribution in [0.3, 0.4) is 0 Å². The SMILES string of the molecule is CCc1ccc(N2C[C@@H](C(=O)N3CCCC[C@H]3CC)CC2=O)cc1. The van der Waals surface area contributed by atoms with Crippen molar-refractivity contribution in [3.63, 3.8) is 0 Å². The van der Waals surface area contributed by atoms with E-state index in [1.165, 1.54) is 12.0 Å². The highest BCUT2D eigenvalue weighted by Gasteiger charge is 2.39. The predicted molar refractivity (Wildman–Crippen MR) is 95.9 cm³/mol. The molecule has 2 fully saturated rings. The van der Waals surface area contributed by atoms with E-state index in [0.717, 1.165) is 37.9 Å². The topological polar surface area (TPSA) is 40.6 Å². The summed E-state index contributed by atoms with van der Waals surface area (Å²) in [6.45, 7) is 5.65. The zero-order chi connectivity index (χ0) is 17.1. The Morgan fingerprint density at radius 2 is 1.92 bits per heavy atom. The van der Waals surface area contributed by atoms with Crippen LogP contribution in [0.5, 0.6) is 0 Å². The van der Waals surface area contributed by atoms with Crippen LogP contribution in [0.4, 0.5) is 5.69 Å². The Hall–Kier alpha value is -1.84. The number of anilines is 1. The smallest absolute Gasteiger partial charge is 0.228 e. The zero-order valence-corrected chi connectivity index (χ0v) is 14.8. The van der Waals surface area contributed by atoms with Gasteiger partial charge in [-0.05, 0) is 49.8 Å². The van der Waals surface area contributed by atoms with Crippen LogP contribution in [0.15, 0.2) is 24.3 Å². The fraction of sp³-hybridized carbons (Fsp3) is 0.600. The van der Waals surface area contributed by atoms with Crippen molar-refractivity contribution in [3.05, 3.63) is 29.8 Å². The molecule has 0 saturated carbocycles. The third-order valence-electron chi connectivity index (χ3n) is 5.51. The van der Waals surface area contributed by atoms with Crippen molar-refractivity contribution in [2.75, 3.05) is 18.0 Å². The maximum absolute atomic E-state index is 12.9. The maximum Gasteiger partial charge on any atom is 0.228 e. The number of nitrogens with zero attached hydrogens (tertiary/aromatic N) is 2. The molecule has 0 aromatic heterocycles. The maximum atomic E-state index is 12.9. The van der Waals surface area contributed by atoms with Crippen LogP contribution < -0.4 is 4.90 Å². The van der Waals surface area contributed by atoms with Crippen LogP contribution >= 0.6 is 0 Å². The van der Waals surface area contributed by atoms with Crippen LogP contribution in [0.2, 0.25) is 0 Å². The zero-order valence-electron chi connectivity index (χ0n) is 14.8. The number of carbonyl (C=O) groups is 2. The molecular formula is C20H28N2O2. The van der Waals surface area contributed by atoms with Gasteiger partial charge in [-0.3, -0.25) is 9.59 Å². The van der Waals surface area contributed by atoms with E-state index >= 15 is 0 Å². The molecule has 1 aromatic carbocycles.